The van der Waals surface area contributed by atoms with Crippen LogP contribution in [0.25, 0.3) is 0 Å². The summed E-state index contributed by atoms with van der Waals surface area (Å²) in [4.78, 5) is 14.1. The molecule has 1 heterocycles. The van der Waals surface area contributed by atoms with Crippen molar-refractivity contribution < 1.29 is 9.53 Å². The van der Waals surface area contributed by atoms with Crippen molar-refractivity contribution >= 4 is 40.3 Å². The van der Waals surface area contributed by atoms with Gasteiger partial charge in [0.2, 0.25) is 0 Å². The fourth-order valence-electron chi connectivity index (χ4n) is 1.76. The molecule has 98 valence electrons. The van der Waals surface area contributed by atoms with E-state index in [1.165, 1.54) is 11.5 Å². The standard InChI is InChI=1S/C13H16INO2S/c14-12-3-1-11(2-4-12)13(16)17-8-5-15-6-9-18-10-7-15/h1-4H,5-10H2. The maximum Gasteiger partial charge on any atom is 0.338 e. The van der Waals surface area contributed by atoms with Gasteiger partial charge in [0.25, 0.3) is 0 Å². The lowest BCUT2D eigenvalue weighted by Crippen LogP contribution is -2.35. The van der Waals surface area contributed by atoms with Crippen molar-refractivity contribution in [2.24, 2.45) is 0 Å². The number of rotatable bonds is 4. The average molecular weight is 377 g/mol. The molecule has 1 aromatic carbocycles. The second kappa shape index (κ2) is 7.35. The zero-order valence-electron chi connectivity index (χ0n) is 10.1. The minimum atomic E-state index is -0.224. The van der Waals surface area contributed by atoms with Gasteiger partial charge in [0, 0.05) is 34.7 Å². The average Bonchev–Trinajstić information content (AvgIpc) is 2.40. The highest BCUT2D eigenvalue weighted by molar-refractivity contribution is 14.1. The van der Waals surface area contributed by atoms with E-state index in [9.17, 15) is 4.79 Å². The van der Waals surface area contributed by atoms with Gasteiger partial charge in [-0.1, -0.05) is 0 Å². The van der Waals surface area contributed by atoms with Crippen LogP contribution in [0, 0.1) is 3.57 Å². The van der Waals surface area contributed by atoms with Crippen molar-refractivity contribution in [3.63, 3.8) is 0 Å². The van der Waals surface area contributed by atoms with Gasteiger partial charge in [0.05, 0.1) is 5.56 Å². The van der Waals surface area contributed by atoms with Crippen molar-refractivity contribution in [1.82, 2.24) is 4.90 Å². The highest BCUT2D eigenvalue weighted by Crippen LogP contribution is 2.10. The van der Waals surface area contributed by atoms with E-state index in [0.717, 1.165) is 23.2 Å². The zero-order chi connectivity index (χ0) is 12.8. The third kappa shape index (κ3) is 4.44. The lowest BCUT2D eigenvalue weighted by molar-refractivity contribution is 0.0466. The molecule has 0 aromatic heterocycles. The van der Waals surface area contributed by atoms with Crippen LogP contribution >= 0.6 is 34.4 Å². The van der Waals surface area contributed by atoms with Gasteiger partial charge in [-0.2, -0.15) is 11.8 Å². The molecule has 1 fully saturated rings. The predicted octanol–water partition coefficient (Wildman–Crippen LogP) is 2.50. The Balaban J connectivity index is 1.72. The van der Waals surface area contributed by atoms with Crippen molar-refractivity contribution in [3.8, 4) is 0 Å². The summed E-state index contributed by atoms with van der Waals surface area (Å²) < 4.78 is 6.40. The molecular formula is C13H16INO2S. The SMILES string of the molecule is O=C(OCCN1CCSCC1)c1ccc(I)cc1. The molecule has 2 rings (SSSR count). The zero-order valence-corrected chi connectivity index (χ0v) is 13.1. The summed E-state index contributed by atoms with van der Waals surface area (Å²) in [6.45, 7) is 3.53. The molecule has 0 saturated carbocycles. The van der Waals surface area contributed by atoms with Gasteiger partial charge >= 0.3 is 5.97 Å². The van der Waals surface area contributed by atoms with Crippen LogP contribution in [-0.4, -0.2) is 48.6 Å². The van der Waals surface area contributed by atoms with E-state index < -0.39 is 0 Å². The third-order valence-electron chi connectivity index (χ3n) is 2.82. The number of ether oxygens (including phenoxy) is 1. The Hall–Kier alpha value is -0.270. The summed E-state index contributed by atoms with van der Waals surface area (Å²) in [6.07, 6.45) is 0. The minimum Gasteiger partial charge on any atom is -0.461 e. The van der Waals surface area contributed by atoms with Crippen molar-refractivity contribution in [3.05, 3.63) is 33.4 Å². The Bertz CT molecular complexity index is 390. The van der Waals surface area contributed by atoms with Crippen LogP contribution in [0.5, 0.6) is 0 Å². The Morgan fingerprint density at radius 2 is 1.94 bits per heavy atom. The van der Waals surface area contributed by atoms with E-state index in [2.05, 4.69) is 27.5 Å². The van der Waals surface area contributed by atoms with E-state index in [1.807, 2.05) is 36.0 Å². The van der Waals surface area contributed by atoms with Crippen LogP contribution in [-0.2, 0) is 4.74 Å². The fraction of sp³-hybridized carbons (Fsp3) is 0.462. The molecule has 0 unspecified atom stereocenters. The van der Waals surface area contributed by atoms with E-state index >= 15 is 0 Å². The summed E-state index contributed by atoms with van der Waals surface area (Å²) in [5, 5.41) is 0. The first-order chi connectivity index (χ1) is 8.75. The van der Waals surface area contributed by atoms with E-state index in [-0.39, 0.29) is 5.97 Å². The summed E-state index contributed by atoms with van der Waals surface area (Å²) in [5.74, 6) is 2.15. The van der Waals surface area contributed by atoms with Crippen LogP contribution in [0.15, 0.2) is 24.3 Å². The van der Waals surface area contributed by atoms with Crippen molar-refractivity contribution in [1.29, 1.82) is 0 Å². The van der Waals surface area contributed by atoms with Crippen molar-refractivity contribution in [2.45, 2.75) is 0 Å². The number of esters is 1. The lowest BCUT2D eigenvalue weighted by Gasteiger charge is -2.25. The number of hydrogen-bond acceptors (Lipinski definition) is 4. The molecule has 1 aliphatic heterocycles. The van der Waals surface area contributed by atoms with Gasteiger partial charge in [0.15, 0.2) is 0 Å². The smallest absolute Gasteiger partial charge is 0.338 e. The normalized spacial score (nSPS) is 16.5. The summed E-state index contributed by atoms with van der Waals surface area (Å²) in [7, 11) is 0. The Kier molecular flexibility index (Phi) is 5.78. The molecule has 1 aliphatic rings. The minimum absolute atomic E-state index is 0.224. The molecular weight excluding hydrogens is 361 g/mol. The predicted molar refractivity (Wildman–Crippen MR) is 83.2 cm³/mol. The van der Waals surface area contributed by atoms with Crippen LogP contribution < -0.4 is 0 Å². The van der Waals surface area contributed by atoms with E-state index in [1.54, 1.807) is 0 Å². The number of carbonyl (C=O) groups excluding carboxylic acids is 1. The van der Waals surface area contributed by atoms with Gasteiger partial charge in [0.1, 0.15) is 6.61 Å². The summed E-state index contributed by atoms with van der Waals surface area (Å²) >= 11 is 4.20. The Morgan fingerprint density at radius 3 is 2.61 bits per heavy atom. The number of halogens is 1. The molecule has 0 aliphatic carbocycles. The van der Waals surface area contributed by atoms with Gasteiger partial charge < -0.3 is 4.74 Å². The van der Waals surface area contributed by atoms with E-state index in [4.69, 9.17) is 4.74 Å². The molecule has 5 heteroatoms. The molecule has 0 radical (unpaired) electrons. The second-order valence-corrected chi connectivity index (χ2v) is 6.57. The van der Waals surface area contributed by atoms with Gasteiger partial charge in [-0.15, -0.1) is 0 Å². The number of thioether (sulfide) groups is 1. The Labute approximate surface area is 125 Å². The van der Waals surface area contributed by atoms with Crippen LogP contribution in [0.1, 0.15) is 10.4 Å². The molecule has 0 amide bonds. The quantitative estimate of drug-likeness (QED) is 0.596. The number of hydrogen-bond donors (Lipinski definition) is 0. The summed E-state index contributed by atoms with van der Waals surface area (Å²) in [5.41, 5.74) is 0.629. The fourth-order valence-corrected chi connectivity index (χ4v) is 3.10. The third-order valence-corrected chi connectivity index (χ3v) is 4.49. The van der Waals surface area contributed by atoms with Crippen LogP contribution in [0.4, 0.5) is 0 Å². The number of benzene rings is 1. The molecule has 0 spiro atoms. The first kappa shape index (κ1) is 14.1. The first-order valence-corrected chi connectivity index (χ1v) is 8.22. The maximum absolute atomic E-state index is 11.8. The summed E-state index contributed by atoms with van der Waals surface area (Å²) in [6, 6.07) is 7.45. The lowest BCUT2D eigenvalue weighted by atomic mass is 10.2. The van der Waals surface area contributed by atoms with Gasteiger partial charge in [-0.25, -0.2) is 4.79 Å². The molecule has 0 N–H and O–H groups in total. The van der Waals surface area contributed by atoms with Gasteiger partial charge in [-0.3, -0.25) is 4.90 Å². The molecule has 0 bridgehead atoms. The molecule has 18 heavy (non-hydrogen) atoms. The molecule has 1 aromatic rings. The molecule has 0 atom stereocenters. The monoisotopic (exact) mass is 377 g/mol. The van der Waals surface area contributed by atoms with Crippen LogP contribution in [0.3, 0.4) is 0 Å². The van der Waals surface area contributed by atoms with Crippen molar-refractivity contribution in [2.75, 3.05) is 37.7 Å². The molecule has 1 saturated heterocycles. The topological polar surface area (TPSA) is 29.5 Å². The number of nitrogens with zero attached hydrogens (tertiary/aromatic N) is 1. The maximum atomic E-state index is 11.8. The van der Waals surface area contributed by atoms with E-state index in [0.29, 0.717) is 12.2 Å². The Morgan fingerprint density at radius 1 is 1.28 bits per heavy atom. The first-order valence-electron chi connectivity index (χ1n) is 5.98. The molecule has 3 nitrogen and oxygen atoms in total. The number of carbonyl (C=O) groups is 1. The highest BCUT2D eigenvalue weighted by atomic mass is 127. The largest absolute Gasteiger partial charge is 0.461 e. The van der Waals surface area contributed by atoms with Gasteiger partial charge in [-0.05, 0) is 46.9 Å². The second-order valence-electron chi connectivity index (χ2n) is 4.10. The highest BCUT2D eigenvalue weighted by Gasteiger charge is 2.11. The van der Waals surface area contributed by atoms with Crippen LogP contribution in [0.2, 0.25) is 0 Å².